The number of hydrogen-bond acceptors (Lipinski definition) is 3. The highest BCUT2D eigenvalue weighted by Crippen LogP contribution is 2.21. The van der Waals surface area contributed by atoms with Gasteiger partial charge in [0, 0.05) is 35.2 Å². The predicted molar refractivity (Wildman–Crippen MR) is 125 cm³/mol. The van der Waals surface area contributed by atoms with Gasteiger partial charge in [-0.1, -0.05) is 29.3 Å². The van der Waals surface area contributed by atoms with Gasteiger partial charge in [0.1, 0.15) is 5.75 Å². The Morgan fingerprint density at radius 3 is 2.36 bits per heavy atom. The molecule has 0 aromatic heterocycles. The fourth-order valence-electron chi connectivity index (χ4n) is 2.23. The quantitative estimate of drug-likeness (QED) is 0.188. The zero-order valence-electron chi connectivity index (χ0n) is 15.3. The van der Waals surface area contributed by atoms with Crippen LogP contribution in [0.15, 0.2) is 47.5 Å². The van der Waals surface area contributed by atoms with Crippen LogP contribution in [0.5, 0.6) is 5.75 Å². The number of guanidine groups is 1. The molecule has 0 spiro atoms. The van der Waals surface area contributed by atoms with Crippen LogP contribution in [0.25, 0.3) is 0 Å². The molecule has 0 aliphatic carbocycles. The molecule has 0 fully saturated rings. The molecule has 6 nitrogen and oxygen atoms in total. The fraction of sp³-hybridized carbons (Fsp3) is 0.263. The summed E-state index contributed by atoms with van der Waals surface area (Å²) in [5.74, 6) is 0.551. The number of phenolic OH excluding ortho intramolecular Hbond substituents is 1. The van der Waals surface area contributed by atoms with Crippen molar-refractivity contribution < 1.29 is 9.90 Å². The van der Waals surface area contributed by atoms with Crippen LogP contribution in [0.3, 0.4) is 0 Å². The van der Waals surface area contributed by atoms with Crippen LogP contribution in [0, 0.1) is 0 Å². The van der Waals surface area contributed by atoms with Gasteiger partial charge < -0.3 is 21.1 Å². The van der Waals surface area contributed by atoms with Gasteiger partial charge in [-0.15, -0.1) is 24.0 Å². The van der Waals surface area contributed by atoms with Gasteiger partial charge in [-0.2, -0.15) is 0 Å². The van der Waals surface area contributed by atoms with E-state index in [4.69, 9.17) is 23.2 Å². The molecule has 4 N–H and O–H groups in total. The standard InChI is InChI=1S/C19H22Cl2N4O2.HI/c1-2-22-19(25-12-14-3-6-15(20)11-17(14)21)24-10-9-23-18(27)13-4-7-16(26)8-5-13;/h3-8,11,26H,2,9-10,12H2,1H3,(H,23,27)(H2,22,24,25);1H. The van der Waals surface area contributed by atoms with Crippen molar-refractivity contribution in [1.29, 1.82) is 0 Å². The first-order valence-corrected chi connectivity index (χ1v) is 9.28. The highest BCUT2D eigenvalue weighted by molar-refractivity contribution is 14.0. The zero-order chi connectivity index (χ0) is 19.6. The molecule has 0 radical (unpaired) electrons. The van der Waals surface area contributed by atoms with Gasteiger partial charge in [-0.05, 0) is 48.9 Å². The number of carbonyl (C=O) groups excluding carboxylic acids is 1. The number of nitrogens with zero attached hydrogens (tertiary/aromatic N) is 1. The molecule has 0 unspecified atom stereocenters. The lowest BCUT2D eigenvalue weighted by Crippen LogP contribution is -2.41. The van der Waals surface area contributed by atoms with E-state index in [0.717, 1.165) is 5.56 Å². The van der Waals surface area contributed by atoms with Gasteiger partial charge in [0.25, 0.3) is 5.91 Å². The van der Waals surface area contributed by atoms with Gasteiger partial charge in [-0.25, -0.2) is 4.99 Å². The first kappa shape index (κ1) is 24.3. The SMILES string of the molecule is CCNC(=NCc1ccc(Cl)cc1Cl)NCCNC(=O)c1ccc(O)cc1.I. The number of carbonyl (C=O) groups is 1. The lowest BCUT2D eigenvalue weighted by atomic mass is 10.2. The van der Waals surface area contributed by atoms with Crippen LogP contribution in [0.4, 0.5) is 0 Å². The van der Waals surface area contributed by atoms with Crippen LogP contribution in [0.1, 0.15) is 22.8 Å². The molecule has 0 bridgehead atoms. The fourth-order valence-corrected chi connectivity index (χ4v) is 2.70. The molecule has 9 heteroatoms. The topological polar surface area (TPSA) is 85.8 Å². The summed E-state index contributed by atoms with van der Waals surface area (Å²) in [5, 5.41) is 19.5. The third kappa shape index (κ3) is 8.12. The molecule has 2 rings (SSSR count). The zero-order valence-corrected chi connectivity index (χ0v) is 19.2. The molecule has 0 aliphatic rings. The molecule has 0 aliphatic heterocycles. The van der Waals surface area contributed by atoms with Crippen LogP contribution in [-0.2, 0) is 6.54 Å². The Labute approximate surface area is 191 Å². The minimum Gasteiger partial charge on any atom is -0.508 e. The average Bonchev–Trinajstić information content (AvgIpc) is 2.64. The summed E-state index contributed by atoms with van der Waals surface area (Å²) in [6.45, 7) is 4.01. The first-order valence-electron chi connectivity index (χ1n) is 8.53. The molecule has 28 heavy (non-hydrogen) atoms. The summed E-state index contributed by atoms with van der Waals surface area (Å²) in [6.07, 6.45) is 0. The Kier molecular flexibility index (Phi) is 11.0. The van der Waals surface area contributed by atoms with Crippen LogP contribution < -0.4 is 16.0 Å². The average molecular weight is 537 g/mol. The maximum absolute atomic E-state index is 12.0. The van der Waals surface area contributed by atoms with Crippen LogP contribution in [0.2, 0.25) is 10.0 Å². The molecule has 2 aromatic rings. The maximum atomic E-state index is 12.0. The minimum absolute atomic E-state index is 0. The predicted octanol–water partition coefficient (Wildman–Crippen LogP) is 3.80. The summed E-state index contributed by atoms with van der Waals surface area (Å²) >= 11 is 12.1. The van der Waals surface area contributed by atoms with Crippen molar-refractivity contribution >= 4 is 59.0 Å². The summed E-state index contributed by atoms with van der Waals surface area (Å²) < 4.78 is 0. The highest BCUT2D eigenvalue weighted by atomic mass is 127. The summed E-state index contributed by atoms with van der Waals surface area (Å²) in [4.78, 5) is 16.5. The monoisotopic (exact) mass is 536 g/mol. The third-order valence-electron chi connectivity index (χ3n) is 3.60. The van der Waals surface area contributed by atoms with E-state index in [-0.39, 0.29) is 35.6 Å². The number of phenols is 1. The number of halogens is 3. The number of nitrogens with one attached hydrogen (secondary N) is 3. The molecule has 0 atom stereocenters. The van der Waals surface area contributed by atoms with E-state index >= 15 is 0 Å². The lowest BCUT2D eigenvalue weighted by Gasteiger charge is -2.12. The first-order chi connectivity index (χ1) is 13.0. The maximum Gasteiger partial charge on any atom is 0.251 e. The van der Waals surface area contributed by atoms with E-state index in [0.29, 0.717) is 47.7 Å². The van der Waals surface area contributed by atoms with E-state index in [1.807, 2.05) is 13.0 Å². The summed E-state index contributed by atoms with van der Waals surface area (Å²) in [7, 11) is 0. The largest absolute Gasteiger partial charge is 0.508 e. The van der Waals surface area contributed by atoms with E-state index in [9.17, 15) is 9.90 Å². The van der Waals surface area contributed by atoms with E-state index < -0.39 is 0 Å². The Balaban J connectivity index is 0.00000392. The molecule has 2 aromatic carbocycles. The van der Waals surface area contributed by atoms with E-state index in [2.05, 4.69) is 20.9 Å². The summed E-state index contributed by atoms with van der Waals surface area (Å²) in [5.41, 5.74) is 1.37. The van der Waals surface area contributed by atoms with Crippen molar-refractivity contribution in [2.24, 2.45) is 4.99 Å². The second kappa shape index (κ2) is 12.7. The highest BCUT2D eigenvalue weighted by Gasteiger charge is 2.05. The van der Waals surface area contributed by atoms with Crippen molar-refractivity contribution in [2.75, 3.05) is 19.6 Å². The van der Waals surface area contributed by atoms with Crippen LogP contribution in [-0.4, -0.2) is 36.6 Å². The molecular weight excluding hydrogens is 514 g/mol. The lowest BCUT2D eigenvalue weighted by molar-refractivity contribution is 0.0954. The second-order valence-electron chi connectivity index (χ2n) is 5.66. The van der Waals surface area contributed by atoms with Gasteiger partial charge in [0.15, 0.2) is 5.96 Å². The minimum atomic E-state index is -0.202. The molecule has 0 saturated heterocycles. The Hall–Kier alpha value is -1.71. The Morgan fingerprint density at radius 2 is 1.71 bits per heavy atom. The molecular formula is C19H23Cl2IN4O2. The van der Waals surface area contributed by atoms with E-state index in [1.54, 1.807) is 24.3 Å². The Morgan fingerprint density at radius 1 is 1.04 bits per heavy atom. The number of rotatable bonds is 7. The second-order valence-corrected chi connectivity index (χ2v) is 6.50. The van der Waals surface area contributed by atoms with Crippen molar-refractivity contribution in [3.63, 3.8) is 0 Å². The number of benzene rings is 2. The van der Waals surface area contributed by atoms with Crippen molar-refractivity contribution in [2.45, 2.75) is 13.5 Å². The molecule has 152 valence electrons. The third-order valence-corrected chi connectivity index (χ3v) is 4.19. The van der Waals surface area contributed by atoms with Crippen molar-refractivity contribution in [3.8, 4) is 5.75 Å². The normalized spacial score (nSPS) is 10.8. The molecule has 0 heterocycles. The molecule has 0 saturated carbocycles. The van der Waals surface area contributed by atoms with Crippen molar-refractivity contribution in [1.82, 2.24) is 16.0 Å². The van der Waals surface area contributed by atoms with Gasteiger partial charge >= 0.3 is 0 Å². The summed E-state index contributed by atoms with van der Waals surface area (Å²) in [6, 6.07) is 11.4. The number of aliphatic imine (C=N–C) groups is 1. The molecule has 1 amide bonds. The number of amides is 1. The van der Waals surface area contributed by atoms with E-state index in [1.165, 1.54) is 12.1 Å². The Bertz CT molecular complexity index is 801. The van der Waals surface area contributed by atoms with Gasteiger partial charge in [-0.3, -0.25) is 4.79 Å². The number of hydrogen-bond donors (Lipinski definition) is 4. The van der Waals surface area contributed by atoms with Gasteiger partial charge in [0.2, 0.25) is 0 Å². The van der Waals surface area contributed by atoms with Crippen LogP contribution >= 0.6 is 47.2 Å². The van der Waals surface area contributed by atoms with Crippen molar-refractivity contribution in [3.05, 3.63) is 63.6 Å². The number of aromatic hydroxyl groups is 1. The van der Waals surface area contributed by atoms with Gasteiger partial charge in [0.05, 0.1) is 6.54 Å². The smallest absolute Gasteiger partial charge is 0.251 e.